The Hall–Kier alpha value is -0.910. The first-order valence-electron chi connectivity index (χ1n) is 7.12. The van der Waals surface area contributed by atoms with Gasteiger partial charge in [0.2, 0.25) is 0 Å². The highest BCUT2D eigenvalue weighted by Gasteiger charge is 2.39. The monoisotopic (exact) mass is 318 g/mol. The van der Waals surface area contributed by atoms with E-state index in [0.29, 0.717) is 5.41 Å². The summed E-state index contributed by atoms with van der Waals surface area (Å²) >= 11 is 0. The Kier molecular flexibility index (Phi) is 5.41. The third kappa shape index (κ3) is 4.05. The molecule has 2 fully saturated rings. The molecule has 118 valence electrons. The van der Waals surface area contributed by atoms with Gasteiger partial charge in [-0.05, 0) is 49.0 Å². The molecule has 0 aliphatic carbocycles. The first-order chi connectivity index (χ1) is 9.65. The van der Waals surface area contributed by atoms with Gasteiger partial charge in [-0.3, -0.25) is 4.90 Å². The fourth-order valence-corrected chi connectivity index (χ4v) is 3.38. The van der Waals surface area contributed by atoms with E-state index in [1.54, 1.807) is 18.2 Å². The van der Waals surface area contributed by atoms with Crippen molar-refractivity contribution in [2.75, 3.05) is 26.2 Å². The summed E-state index contributed by atoms with van der Waals surface area (Å²) in [6.45, 7) is 2.46. The van der Waals surface area contributed by atoms with Crippen LogP contribution in [0, 0.1) is 5.41 Å². The van der Waals surface area contributed by atoms with Crippen molar-refractivity contribution in [2.24, 2.45) is 5.41 Å². The molecule has 0 radical (unpaired) electrons. The molecular formula is C15H21ClF2N2O. The van der Waals surface area contributed by atoms with Gasteiger partial charge in [0.1, 0.15) is 5.75 Å². The molecule has 2 heterocycles. The zero-order chi connectivity index (χ0) is 14.0. The fourth-order valence-electron chi connectivity index (χ4n) is 3.38. The molecule has 1 aromatic rings. The summed E-state index contributed by atoms with van der Waals surface area (Å²) in [6.07, 6.45) is 2.48. The minimum Gasteiger partial charge on any atom is -0.435 e. The van der Waals surface area contributed by atoms with E-state index in [4.69, 9.17) is 0 Å². The number of ether oxygens (including phenoxy) is 1. The molecule has 2 aliphatic heterocycles. The summed E-state index contributed by atoms with van der Waals surface area (Å²) in [5.74, 6) is 0.244. The third-order valence-corrected chi connectivity index (χ3v) is 4.38. The maximum Gasteiger partial charge on any atom is 0.387 e. The number of benzene rings is 1. The summed E-state index contributed by atoms with van der Waals surface area (Å²) in [5.41, 5.74) is 1.48. The van der Waals surface area contributed by atoms with Gasteiger partial charge < -0.3 is 10.1 Å². The van der Waals surface area contributed by atoms with Crippen molar-refractivity contribution >= 4 is 12.4 Å². The maximum atomic E-state index is 12.2. The second kappa shape index (κ2) is 6.90. The normalized spacial score (nSPS) is 25.5. The summed E-state index contributed by atoms with van der Waals surface area (Å²) in [4.78, 5) is 2.41. The minimum absolute atomic E-state index is 0. The van der Waals surface area contributed by atoms with Crippen molar-refractivity contribution in [1.29, 1.82) is 0 Å². The quantitative estimate of drug-likeness (QED) is 0.924. The van der Waals surface area contributed by atoms with Gasteiger partial charge in [0, 0.05) is 19.6 Å². The Morgan fingerprint density at radius 2 is 2.19 bits per heavy atom. The van der Waals surface area contributed by atoms with Crippen molar-refractivity contribution < 1.29 is 13.5 Å². The van der Waals surface area contributed by atoms with Crippen LogP contribution >= 0.6 is 12.4 Å². The SMILES string of the molecule is Cl.FC(F)Oc1cccc(CN2CCC3(CCNC3)C2)c1. The predicted molar refractivity (Wildman–Crippen MR) is 80.1 cm³/mol. The van der Waals surface area contributed by atoms with Crippen molar-refractivity contribution in [3.05, 3.63) is 29.8 Å². The lowest BCUT2D eigenvalue weighted by Gasteiger charge is -2.23. The Morgan fingerprint density at radius 1 is 1.33 bits per heavy atom. The number of likely N-dealkylation sites (tertiary alicyclic amines) is 1. The Morgan fingerprint density at radius 3 is 2.90 bits per heavy atom. The van der Waals surface area contributed by atoms with Gasteiger partial charge in [0.05, 0.1) is 0 Å². The number of halogens is 3. The van der Waals surface area contributed by atoms with Crippen LogP contribution in [0.1, 0.15) is 18.4 Å². The zero-order valence-corrected chi connectivity index (χ0v) is 12.7. The van der Waals surface area contributed by atoms with E-state index in [0.717, 1.165) is 38.3 Å². The molecule has 6 heteroatoms. The first-order valence-corrected chi connectivity index (χ1v) is 7.12. The van der Waals surface area contributed by atoms with Gasteiger partial charge in [-0.25, -0.2) is 0 Å². The summed E-state index contributed by atoms with van der Waals surface area (Å²) in [7, 11) is 0. The van der Waals surface area contributed by atoms with Crippen LogP contribution in [0.15, 0.2) is 24.3 Å². The highest BCUT2D eigenvalue weighted by Crippen LogP contribution is 2.36. The van der Waals surface area contributed by atoms with Crippen molar-refractivity contribution in [1.82, 2.24) is 10.2 Å². The molecule has 0 amide bonds. The molecule has 1 aromatic carbocycles. The smallest absolute Gasteiger partial charge is 0.387 e. The van der Waals surface area contributed by atoms with E-state index in [1.165, 1.54) is 12.8 Å². The molecular weight excluding hydrogens is 298 g/mol. The van der Waals surface area contributed by atoms with Gasteiger partial charge in [-0.15, -0.1) is 12.4 Å². The largest absolute Gasteiger partial charge is 0.435 e. The van der Waals surface area contributed by atoms with Crippen LogP contribution in [0.4, 0.5) is 8.78 Å². The molecule has 1 N–H and O–H groups in total. The standard InChI is InChI=1S/C15H20F2N2O.ClH/c16-14(17)20-13-3-1-2-12(8-13)9-19-7-5-15(11-19)4-6-18-10-15;/h1-3,8,14,18H,4-7,9-11H2;1H. The zero-order valence-electron chi connectivity index (χ0n) is 11.9. The summed E-state index contributed by atoms with van der Waals surface area (Å²) in [6, 6.07) is 7.03. The van der Waals surface area contributed by atoms with Crippen LogP contribution in [0.5, 0.6) is 5.75 Å². The summed E-state index contributed by atoms with van der Waals surface area (Å²) < 4.78 is 28.9. The fraction of sp³-hybridized carbons (Fsp3) is 0.600. The van der Waals surface area contributed by atoms with Crippen LogP contribution in [0.3, 0.4) is 0 Å². The molecule has 1 unspecified atom stereocenters. The predicted octanol–water partition coefficient (Wildman–Crippen LogP) is 2.90. The number of nitrogens with one attached hydrogen (secondary N) is 1. The van der Waals surface area contributed by atoms with E-state index in [2.05, 4.69) is 15.0 Å². The lowest BCUT2D eigenvalue weighted by Crippen LogP contribution is -2.28. The molecule has 1 atom stereocenters. The highest BCUT2D eigenvalue weighted by atomic mass is 35.5. The average molecular weight is 319 g/mol. The molecule has 3 rings (SSSR count). The van der Waals surface area contributed by atoms with Crippen LogP contribution in [-0.2, 0) is 6.54 Å². The van der Waals surface area contributed by atoms with Crippen LogP contribution in [0.25, 0.3) is 0 Å². The second-order valence-corrected chi connectivity index (χ2v) is 5.91. The third-order valence-electron chi connectivity index (χ3n) is 4.38. The van der Waals surface area contributed by atoms with E-state index in [-0.39, 0.29) is 18.2 Å². The Labute approximate surface area is 130 Å². The van der Waals surface area contributed by atoms with Crippen molar-refractivity contribution in [2.45, 2.75) is 26.0 Å². The molecule has 21 heavy (non-hydrogen) atoms. The molecule has 1 spiro atoms. The van der Waals surface area contributed by atoms with Gasteiger partial charge in [0.15, 0.2) is 0 Å². The lowest BCUT2D eigenvalue weighted by molar-refractivity contribution is -0.0499. The Balaban J connectivity index is 0.00000161. The molecule has 0 aromatic heterocycles. The van der Waals surface area contributed by atoms with Crippen LogP contribution in [-0.4, -0.2) is 37.7 Å². The van der Waals surface area contributed by atoms with Gasteiger partial charge >= 0.3 is 6.61 Å². The molecule has 0 bridgehead atoms. The van der Waals surface area contributed by atoms with Crippen LogP contribution < -0.4 is 10.1 Å². The average Bonchev–Trinajstić information content (AvgIpc) is 3.00. The molecule has 3 nitrogen and oxygen atoms in total. The molecule has 0 saturated carbocycles. The van der Waals surface area contributed by atoms with Crippen molar-refractivity contribution in [3.63, 3.8) is 0 Å². The van der Waals surface area contributed by atoms with Crippen molar-refractivity contribution in [3.8, 4) is 5.75 Å². The second-order valence-electron chi connectivity index (χ2n) is 5.91. The number of nitrogens with zero attached hydrogens (tertiary/aromatic N) is 1. The lowest BCUT2D eigenvalue weighted by atomic mass is 9.86. The van der Waals surface area contributed by atoms with Crippen LogP contribution in [0.2, 0.25) is 0 Å². The first kappa shape index (κ1) is 16.5. The van der Waals surface area contributed by atoms with E-state index >= 15 is 0 Å². The van der Waals surface area contributed by atoms with E-state index in [9.17, 15) is 8.78 Å². The number of rotatable bonds is 4. The number of hydrogen-bond acceptors (Lipinski definition) is 3. The topological polar surface area (TPSA) is 24.5 Å². The number of alkyl halides is 2. The van der Waals surface area contributed by atoms with Gasteiger partial charge in [0.25, 0.3) is 0 Å². The minimum atomic E-state index is -2.76. The van der Waals surface area contributed by atoms with Gasteiger partial charge in [-0.1, -0.05) is 12.1 Å². The van der Waals surface area contributed by atoms with E-state index in [1.807, 2.05) is 6.07 Å². The molecule has 2 aliphatic rings. The maximum absolute atomic E-state index is 12.2. The Bertz CT molecular complexity index is 467. The summed E-state index contributed by atoms with van der Waals surface area (Å²) in [5, 5.41) is 3.44. The highest BCUT2D eigenvalue weighted by molar-refractivity contribution is 5.85. The van der Waals surface area contributed by atoms with Gasteiger partial charge in [-0.2, -0.15) is 8.78 Å². The molecule has 2 saturated heterocycles. The van der Waals surface area contributed by atoms with E-state index < -0.39 is 6.61 Å². The number of hydrogen-bond donors (Lipinski definition) is 1.